The molecule has 2 heterocycles. The van der Waals surface area contributed by atoms with Crippen LogP contribution in [0.15, 0.2) is 42.6 Å². The molecule has 1 nitrogen and oxygen atoms in total. The topological polar surface area (TPSA) is 3.88 Å². The normalized spacial score (nSPS) is 18.5. The monoisotopic (exact) mass is 310 g/mol. The molecule has 0 fully saturated rings. The van der Waals surface area contributed by atoms with E-state index in [9.17, 15) is 0 Å². The van der Waals surface area contributed by atoms with E-state index < -0.39 is 8.07 Å². The first-order chi connectivity index (χ1) is 10.1. The zero-order chi connectivity index (χ0) is 16.3. The van der Waals surface area contributed by atoms with E-state index in [1.807, 2.05) is 0 Å². The molecule has 1 aromatic carbocycles. The summed E-state index contributed by atoms with van der Waals surface area (Å²) in [4.78, 5) is 0. The van der Waals surface area contributed by atoms with E-state index in [1.54, 1.807) is 0 Å². The minimum atomic E-state index is -1.31. The van der Waals surface area contributed by atoms with Gasteiger partial charge >= 0.3 is 0 Å². The van der Waals surface area contributed by atoms with Crippen LogP contribution in [0.1, 0.15) is 33.3 Å². The van der Waals surface area contributed by atoms with Gasteiger partial charge in [-0.15, -0.1) is 0 Å². The lowest BCUT2D eigenvalue weighted by Crippen LogP contribution is -2.66. The summed E-state index contributed by atoms with van der Waals surface area (Å²) in [6.07, 6.45) is 2.43. The first-order valence-corrected chi connectivity index (χ1v) is 11.7. The number of pyridine rings is 1. The summed E-state index contributed by atoms with van der Waals surface area (Å²) in [5.74, 6) is 0. The van der Waals surface area contributed by atoms with E-state index in [0.29, 0.717) is 0 Å². The summed E-state index contributed by atoms with van der Waals surface area (Å²) in [5.41, 5.74) is 4.34. The molecule has 0 N–H and O–H groups in total. The van der Waals surface area contributed by atoms with Crippen LogP contribution in [0.3, 0.4) is 0 Å². The third-order valence-electron chi connectivity index (χ3n) is 5.82. The Morgan fingerprint density at radius 2 is 1.50 bits per heavy atom. The first kappa shape index (κ1) is 15.5. The van der Waals surface area contributed by atoms with Crippen LogP contribution in [0.25, 0.3) is 11.3 Å². The average Bonchev–Trinajstić information content (AvgIpc) is 2.44. The lowest BCUT2D eigenvalue weighted by molar-refractivity contribution is -0.759. The number of rotatable bonds is 1. The highest BCUT2D eigenvalue weighted by molar-refractivity contribution is 6.88. The molecule has 1 aromatic heterocycles. The summed E-state index contributed by atoms with van der Waals surface area (Å²) in [6.45, 7) is 16.8. The third-order valence-corrected chi connectivity index (χ3v) is 7.85. The Morgan fingerprint density at radius 3 is 2.14 bits per heavy atom. The molecule has 0 unspecified atom stereocenters. The van der Waals surface area contributed by atoms with Crippen LogP contribution in [0.5, 0.6) is 0 Å². The lowest BCUT2D eigenvalue weighted by Gasteiger charge is -2.42. The van der Waals surface area contributed by atoms with Crippen molar-refractivity contribution in [3.8, 4) is 11.3 Å². The van der Waals surface area contributed by atoms with Gasteiger partial charge in [0.05, 0.1) is 19.1 Å². The predicted molar refractivity (Wildman–Crippen MR) is 97.4 cm³/mol. The van der Waals surface area contributed by atoms with Gasteiger partial charge in [0.25, 0.3) is 0 Å². The first-order valence-electron chi connectivity index (χ1n) is 8.23. The zero-order valence-electron chi connectivity index (χ0n) is 15.0. The second-order valence-electron chi connectivity index (χ2n) is 8.65. The SMILES string of the molecule is CC1(C)c2ccccc2-c2ccc([Si](C)(C)C)c[n+]2C1(C)C. The van der Waals surface area contributed by atoms with Gasteiger partial charge in [-0.05, 0) is 25.5 Å². The average molecular weight is 311 g/mol. The van der Waals surface area contributed by atoms with E-state index in [2.05, 4.69) is 94.5 Å². The van der Waals surface area contributed by atoms with E-state index >= 15 is 0 Å². The highest BCUT2D eigenvalue weighted by atomic mass is 28.3. The Labute approximate surface area is 136 Å². The fourth-order valence-corrected chi connectivity index (χ4v) is 4.61. The maximum atomic E-state index is 2.53. The Bertz CT molecular complexity index is 736. The van der Waals surface area contributed by atoms with E-state index in [4.69, 9.17) is 0 Å². The van der Waals surface area contributed by atoms with Gasteiger partial charge in [0, 0.05) is 25.1 Å². The highest BCUT2D eigenvalue weighted by Crippen LogP contribution is 2.44. The van der Waals surface area contributed by atoms with E-state index in [-0.39, 0.29) is 11.0 Å². The molecule has 0 aliphatic carbocycles. The van der Waals surface area contributed by atoms with E-state index in [1.165, 1.54) is 22.0 Å². The van der Waals surface area contributed by atoms with E-state index in [0.717, 1.165) is 0 Å². The van der Waals surface area contributed by atoms with Gasteiger partial charge in [0.1, 0.15) is 0 Å². The van der Waals surface area contributed by atoms with Gasteiger partial charge in [-0.2, -0.15) is 4.57 Å². The van der Waals surface area contributed by atoms with Gasteiger partial charge in [-0.3, -0.25) is 0 Å². The van der Waals surface area contributed by atoms with Gasteiger partial charge in [0.2, 0.25) is 5.69 Å². The van der Waals surface area contributed by atoms with Crippen molar-refractivity contribution in [2.24, 2.45) is 0 Å². The van der Waals surface area contributed by atoms with Crippen molar-refractivity contribution >= 4 is 13.3 Å². The molecule has 1 aliphatic heterocycles. The number of fused-ring (bicyclic) bond motifs is 3. The second-order valence-corrected chi connectivity index (χ2v) is 13.7. The van der Waals surface area contributed by atoms with Crippen molar-refractivity contribution in [1.29, 1.82) is 0 Å². The van der Waals surface area contributed by atoms with Gasteiger partial charge in [-0.1, -0.05) is 43.9 Å². The Hall–Kier alpha value is -1.41. The summed E-state index contributed by atoms with van der Waals surface area (Å²) < 4.78 is 2.53. The fourth-order valence-electron chi connectivity index (χ4n) is 3.51. The molecule has 0 bridgehead atoms. The lowest BCUT2D eigenvalue weighted by atomic mass is 9.65. The Morgan fingerprint density at radius 1 is 0.864 bits per heavy atom. The second kappa shape index (κ2) is 4.54. The minimum Gasteiger partial charge on any atom is -0.193 e. The highest BCUT2D eigenvalue weighted by Gasteiger charge is 2.52. The van der Waals surface area contributed by atoms with Crippen molar-refractivity contribution in [3.63, 3.8) is 0 Å². The molecule has 2 heteroatoms. The molecule has 0 saturated carbocycles. The molecule has 0 radical (unpaired) electrons. The fraction of sp³-hybridized carbons (Fsp3) is 0.450. The maximum absolute atomic E-state index is 2.53. The number of hydrogen-bond acceptors (Lipinski definition) is 0. The van der Waals surface area contributed by atoms with Crippen LogP contribution in [-0.2, 0) is 11.0 Å². The summed E-state index contributed by atoms with van der Waals surface area (Å²) in [6, 6.07) is 13.6. The summed E-state index contributed by atoms with van der Waals surface area (Å²) in [7, 11) is -1.31. The molecule has 22 heavy (non-hydrogen) atoms. The summed E-state index contributed by atoms with van der Waals surface area (Å²) in [5, 5.41) is 1.53. The van der Waals surface area contributed by atoms with Crippen LogP contribution in [0.2, 0.25) is 19.6 Å². The van der Waals surface area contributed by atoms with Crippen molar-refractivity contribution in [1.82, 2.24) is 0 Å². The van der Waals surface area contributed by atoms with Crippen LogP contribution in [0.4, 0.5) is 0 Å². The molecule has 0 spiro atoms. The predicted octanol–water partition coefficient (Wildman–Crippen LogP) is 4.21. The number of aromatic nitrogens is 1. The standard InChI is InChI=1S/C20H28NSi/c1-19(2)17-11-9-8-10-16(17)18-13-12-15(22(5,6)7)14-21(18)20(19,3)4/h8-14H,1-7H3/q+1. The number of nitrogens with zero attached hydrogens (tertiary/aromatic N) is 1. The molecular formula is C20H28NSi+. The van der Waals surface area contributed by atoms with Gasteiger partial charge in [0.15, 0.2) is 11.7 Å². The number of benzene rings is 1. The third kappa shape index (κ3) is 2.00. The molecular weight excluding hydrogens is 282 g/mol. The van der Waals surface area contributed by atoms with Crippen LogP contribution < -0.4 is 9.75 Å². The zero-order valence-corrected chi connectivity index (χ0v) is 16.0. The van der Waals surface area contributed by atoms with Crippen LogP contribution in [0, 0.1) is 0 Å². The van der Waals surface area contributed by atoms with Crippen molar-refractivity contribution in [2.45, 2.75) is 58.3 Å². The number of hydrogen-bond donors (Lipinski definition) is 0. The van der Waals surface area contributed by atoms with Crippen LogP contribution in [-0.4, -0.2) is 8.07 Å². The molecule has 2 aromatic rings. The maximum Gasteiger partial charge on any atom is 0.213 e. The van der Waals surface area contributed by atoms with Gasteiger partial charge < -0.3 is 0 Å². The van der Waals surface area contributed by atoms with Crippen molar-refractivity contribution in [2.75, 3.05) is 0 Å². The molecule has 3 rings (SSSR count). The molecule has 0 atom stereocenters. The summed E-state index contributed by atoms with van der Waals surface area (Å²) >= 11 is 0. The molecule has 116 valence electrons. The molecule has 1 aliphatic rings. The smallest absolute Gasteiger partial charge is 0.193 e. The largest absolute Gasteiger partial charge is 0.213 e. The van der Waals surface area contributed by atoms with Crippen molar-refractivity contribution in [3.05, 3.63) is 48.2 Å². The van der Waals surface area contributed by atoms with Crippen LogP contribution >= 0.6 is 0 Å². The van der Waals surface area contributed by atoms with Gasteiger partial charge in [-0.25, -0.2) is 0 Å². The quantitative estimate of drug-likeness (QED) is 0.549. The van der Waals surface area contributed by atoms with Crippen molar-refractivity contribution < 1.29 is 4.57 Å². The minimum absolute atomic E-state index is 0.0480. The Balaban J connectivity index is 2.36. The molecule has 0 amide bonds. The Kier molecular flexibility index (Phi) is 3.20. The molecule has 0 saturated heterocycles.